The molecule has 1 heterocycles. The van der Waals surface area contributed by atoms with Gasteiger partial charge in [-0.3, -0.25) is 0 Å². The van der Waals surface area contributed by atoms with E-state index in [0.29, 0.717) is 22.2 Å². The number of aliphatic hydroxyl groups excluding tert-OH is 1. The minimum absolute atomic E-state index is 0.102. The van der Waals surface area contributed by atoms with Crippen LogP contribution in [0.25, 0.3) is 0 Å². The average Bonchev–Trinajstić information content (AvgIpc) is 2.82. The first-order valence-corrected chi connectivity index (χ1v) is 6.77. The van der Waals surface area contributed by atoms with Gasteiger partial charge in [-0.2, -0.15) is 0 Å². The SMILES string of the molecule is OC(c1ccc(Cl)cc1Cl)C1COc2ccccc21. The predicted molar refractivity (Wildman–Crippen MR) is 76.1 cm³/mol. The lowest BCUT2D eigenvalue weighted by Gasteiger charge is -2.18. The number of ether oxygens (including phenoxy) is 1. The second-order valence-electron chi connectivity index (χ2n) is 4.57. The van der Waals surface area contributed by atoms with Crippen molar-refractivity contribution in [2.75, 3.05) is 6.61 Å². The minimum Gasteiger partial charge on any atom is -0.493 e. The Labute approximate surface area is 121 Å². The zero-order valence-corrected chi connectivity index (χ0v) is 11.5. The molecule has 0 aromatic heterocycles. The highest BCUT2D eigenvalue weighted by Crippen LogP contribution is 2.42. The third kappa shape index (κ3) is 2.32. The lowest BCUT2D eigenvalue weighted by atomic mass is 9.91. The molecule has 0 radical (unpaired) electrons. The van der Waals surface area contributed by atoms with E-state index < -0.39 is 6.10 Å². The van der Waals surface area contributed by atoms with E-state index in [0.717, 1.165) is 11.3 Å². The normalized spacial score (nSPS) is 18.8. The Bertz CT molecular complexity index is 613. The van der Waals surface area contributed by atoms with E-state index in [4.69, 9.17) is 27.9 Å². The summed E-state index contributed by atoms with van der Waals surface area (Å²) >= 11 is 12.0. The standard InChI is InChI=1S/C15H12Cl2O2/c16-9-5-6-11(13(17)7-9)15(18)12-8-19-14-4-2-1-3-10(12)14/h1-7,12,15,18H,8H2. The second kappa shape index (κ2) is 5.04. The van der Waals surface area contributed by atoms with E-state index in [2.05, 4.69) is 0 Å². The minimum atomic E-state index is -0.701. The summed E-state index contributed by atoms with van der Waals surface area (Å²) in [5.74, 6) is 0.728. The quantitative estimate of drug-likeness (QED) is 0.899. The molecule has 3 rings (SSSR count). The van der Waals surface area contributed by atoms with Crippen LogP contribution >= 0.6 is 23.2 Å². The van der Waals surface area contributed by atoms with E-state index in [1.807, 2.05) is 24.3 Å². The van der Waals surface area contributed by atoms with Gasteiger partial charge in [0.15, 0.2) is 0 Å². The smallest absolute Gasteiger partial charge is 0.123 e. The van der Waals surface area contributed by atoms with Crippen LogP contribution in [-0.2, 0) is 0 Å². The first-order chi connectivity index (χ1) is 9.16. The van der Waals surface area contributed by atoms with E-state index in [9.17, 15) is 5.11 Å². The van der Waals surface area contributed by atoms with Gasteiger partial charge in [-0.1, -0.05) is 47.5 Å². The summed E-state index contributed by atoms with van der Waals surface area (Å²) in [5.41, 5.74) is 1.69. The number of fused-ring (bicyclic) bond motifs is 1. The van der Waals surface area contributed by atoms with Gasteiger partial charge in [0, 0.05) is 15.6 Å². The lowest BCUT2D eigenvalue weighted by Crippen LogP contribution is -2.12. The molecule has 98 valence electrons. The van der Waals surface area contributed by atoms with E-state index in [-0.39, 0.29) is 5.92 Å². The molecule has 0 spiro atoms. The molecule has 2 aromatic rings. The van der Waals surface area contributed by atoms with Crippen molar-refractivity contribution in [3.63, 3.8) is 0 Å². The number of benzene rings is 2. The molecule has 0 fully saturated rings. The van der Waals surface area contributed by atoms with Crippen LogP contribution in [0.4, 0.5) is 0 Å². The summed E-state index contributed by atoms with van der Waals surface area (Å²) in [6, 6.07) is 12.9. The van der Waals surface area contributed by atoms with E-state index >= 15 is 0 Å². The first-order valence-electron chi connectivity index (χ1n) is 6.01. The maximum atomic E-state index is 10.5. The van der Waals surface area contributed by atoms with Crippen molar-refractivity contribution in [3.05, 3.63) is 63.6 Å². The van der Waals surface area contributed by atoms with Crippen molar-refractivity contribution in [1.29, 1.82) is 0 Å². The fraction of sp³-hybridized carbons (Fsp3) is 0.200. The molecule has 19 heavy (non-hydrogen) atoms. The number of rotatable bonds is 2. The largest absolute Gasteiger partial charge is 0.493 e. The van der Waals surface area contributed by atoms with Crippen LogP contribution in [0, 0.1) is 0 Å². The number of hydrogen-bond donors (Lipinski definition) is 1. The molecule has 0 bridgehead atoms. The van der Waals surface area contributed by atoms with E-state index in [1.165, 1.54) is 0 Å². The van der Waals surface area contributed by atoms with Crippen LogP contribution in [-0.4, -0.2) is 11.7 Å². The van der Waals surface area contributed by atoms with Crippen molar-refractivity contribution < 1.29 is 9.84 Å². The molecule has 1 aliphatic rings. The summed E-state index contributed by atoms with van der Waals surface area (Å²) in [4.78, 5) is 0. The van der Waals surface area contributed by atoms with Crippen LogP contribution < -0.4 is 4.74 Å². The Morgan fingerprint density at radius 1 is 1.16 bits per heavy atom. The first kappa shape index (κ1) is 12.8. The van der Waals surface area contributed by atoms with Gasteiger partial charge in [0.2, 0.25) is 0 Å². The fourth-order valence-electron chi connectivity index (χ4n) is 2.41. The molecule has 1 aliphatic heterocycles. The van der Waals surface area contributed by atoms with E-state index in [1.54, 1.807) is 18.2 Å². The Balaban J connectivity index is 1.95. The Kier molecular flexibility index (Phi) is 3.40. The Morgan fingerprint density at radius 2 is 1.95 bits per heavy atom. The van der Waals surface area contributed by atoms with Crippen LogP contribution in [0.15, 0.2) is 42.5 Å². The Hall–Kier alpha value is -1.22. The topological polar surface area (TPSA) is 29.5 Å². The van der Waals surface area contributed by atoms with Gasteiger partial charge in [0.1, 0.15) is 5.75 Å². The molecular formula is C15H12Cl2O2. The zero-order valence-electron chi connectivity index (χ0n) is 10.0. The molecular weight excluding hydrogens is 283 g/mol. The number of aliphatic hydroxyl groups is 1. The highest BCUT2D eigenvalue weighted by molar-refractivity contribution is 6.35. The molecule has 4 heteroatoms. The molecule has 1 N–H and O–H groups in total. The molecule has 0 saturated carbocycles. The van der Waals surface area contributed by atoms with Gasteiger partial charge in [-0.15, -0.1) is 0 Å². The average molecular weight is 295 g/mol. The maximum Gasteiger partial charge on any atom is 0.123 e. The Morgan fingerprint density at radius 3 is 2.74 bits per heavy atom. The number of para-hydroxylation sites is 1. The molecule has 2 nitrogen and oxygen atoms in total. The van der Waals surface area contributed by atoms with Crippen LogP contribution in [0.2, 0.25) is 10.0 Å². The van der Waals surface area contributed by atoms with Crippen molar-refractivity contribution in [1.82, 2.24) is 0 Å². The molecule has 2 aromatic carbocycles. The summed E-state index contributed by atoms with van der Waals surface area (Å²) in [7, 11) is 0. The second-order valence-corrected chi connectivity index (χ2v) is 5.41. The predicted octanol–water partition coefficient (Wildman–Crippen LogP) is 4.20. The zero-order chi connectivity index (χ0) is 13.4. The monoisotopic (exact) mass is 294 g/mol. The molecule has 2 atom stereocenters. The van der Waals surface area contributed by atoms with Crippen molar-refractivity contribution >= 4 is 23.2 Å². The molecule has 0 amide bonds. The van der Waals surface area contributed by atoms with Crippen molar-refractivity contribution in [3.8, 4) is 5.75 Å². The van der Waals surface area contributed by atoms with Gasteiger partial charge in [0.25, 0.3) is 0 Å². The molecule has 0 saturated heterocycles. The molecule has 2 unspecified atom stereocenters. The van der Waals surface area contributed by atoms with Gasteiger partial charge >= 0.3 is 0 Å². The highest BCUT2D eigenvalue weighted by atomic mass is 35.5. The maximum absolute atomic E-state index is 10.5. The number of halogens is 2. The fourth-order valence-corrected chi connectivity index (χ4v) is 2.93. The lowest BCUT2D eigenvalue weighted by molar-refractivity contribution is 0.130. The van der Waals surface area contributed by atoms with Gasteiger partial charge in [-0.25, -0.2) is 0 Å². The van der Waals surface area contributed by atoms with Crippen molar-refractivity contribution in [2.24, 2.45) is 0 Å². The van der Waals surface area contributed by atoms with Gasteiger partial charge in [-0.05, 0) is 23.8 Å². The molecule has 0 aliphatic carbocycles. The highest BCUT2D eigenvalue weighted by Gasteiger charge is 2.31. The number of hydrogen-bond acceptors (Lipinski definition) is 2. The summed E-state index contributed by atoms with van der Waals surface area (Å²) in [5, 5.41) is 11.6. The van der Waals surface area contributed by atoms with Crippen LogP contribution in [0.5, 0.6) is 5.75 Å². The van der Waals surface area contributed by atoms with Gasteiger partial charge in [0.05, 0.1) is 18.6 Å². The third-order valence-electron chi connectivity index (χ3n) is 3.40. The summed E-state index contributed by atoms with van der Waals surface area (Å²) in [6.07, 6.45) is -0.701. The van der Waals surface area contributed by atoms with Crippen LogP contribution in [0.1, 0.15) is 23.1 Å². The van der Waals surface area contributed by atoms with Gasteiger partial charge < -0.3 is 9.84 Å². The summed E-state index contributed by atoms with van der Waals surface area (Å²) < 4.78 is 5.59. The third-order valence-corrected chi connectivity index (χ3v) is 3.96. The van der Waals surface area contributed by atoms with Crippen molar-refractivity contribution in [2.45, 2.75) is 12.0 Å². The summed E-state index contributed by atoms with van der Waals surface area (Å²) in [6.45, 7) is 0.458. The van der Waals surface area contributed by atoms with Crippen LogP contribution in [0.3, 0.4) is 0 Å².